The van der Waals surface area contributed by atoms with Gasteiger partial charge in [0.15, 0.2) is 11.5 Å². The molecule has 0 atom stereocenters. The first kappa shape index (κ1) is 23.1. The normalized spacial score (nSPS) is 10.8. The van der Waals surface area contributed by atoms with Crippen LogP contribution in [0.2, 0.25) is 5.02 Å². The van der Waals surface area contributed by atoms with Gasteiger partial charge in [0.05, 0.1) is 26.5 Å². The van der Waals surface area contributed by atoms with Gasteiger partial charge in [-0.05, 0) is 48.4 Å². The van der Waals surface area contributed by atoms with Gasteiger partial charge in [-0.3, -0.25) is 9.59 Å². The number of hydrogen-bond donors (Lipinski definition) is 1. The fourth-order valence-corrected chi connectivity index (χ4v) is 3.12. The van der Waals surface area contributed by atoms with Crippen molar-refractivity contribution in [2.45, 2.75) is 19.9 Å². The zero-order valence-corrected chi connectivity index (χ0v) is 18.6. The summed E-state index contributed by atoms with van der Waals surface area (Å²) in [4.78, 5) is 25.3. The van der Waals surface area contributed by atoms with Crippen molar-refractivity contribution < 1.29 is 14.3 Å². The summed E-state index contributed by atoms with van der Waals surface area (Å²) in [6, 6.07) is 15.7. The maximum Gasteiger partial charge on any atom is 0.276 e. The molecule has 0 radical (unpaired) electrons. The third kappa shape index (κ3) is 5.76. The predicted molar refractivity (Wildman–Crippen MR) is 125 cm³/mol. The molecule has 1 aromatic heterocycles. The van der Waals surface area contributed by atoms with E-state index in [1.54, 1.807) is 49.7 Å². The molecule has 0 bridgehead atoms. The standard InChI is InChI=1S/C24H24ClN3O4/c1-3-14-32-22-18(6-4-8-21(22)31-2)15-26-27-23(29)20-7-5-13-28(24(20)30)16-17-9-11-19(25)12-10-17/h4-13,15H,3,14,16H2,1-2H3,(H,27,29)/b26-15-. The highest BCUT2D eigenvalue weighted by atomic mass is 35.5. The largest absolute Gasteiger partial charge is 0.493 e. The van der Waals surface area contributed by atoms with E-state index in [0.717, 1.165) is 12.0 Å². The SMILES string of the molecule is CCCOc1c(/C=N\NC(=O)c2cccn(Cc3ccc(Cl)cc3)c2=O)cccc1OC. The fraction of sp³-hybridized carbons (Fsp3) is 0.208. The van der Waals surface area contributed by atoms with Gasteiger partial charge < -0.3 is 14.0 Å². The summed E-state index contributed by atoms with van der Waals surface area (Å²) in [6.07, 6.45) is 3.92. The van der Waals surface area contributed by atoms with Crippen LogP contribution in [0.25, 0.3) is 0 Å². The Labute approximate surface area is 191 Å². The highest BCUT2D eigenvalue weighted by Gasteiger charge is 2.13. The van der Waals surface area contributed by atoms with E-state index in [-0.39, 0.29) is 5.56 Å². The van der Waals surface area contributed by atoms with Crippen molar-refractivity contribution >= 4 is 23.7 Å². The molecule has 0 spiro atoms. The lowest BCUT2D eigenvalue weighted by Crippen LogP contribution is -2.30. The van der Waals surface area contributed by atoms with Crippen LogP contribution >= 0.6 is 11.6 Å². The van der Waals surface area contributed by atoms with Crippen LogP contribution in [0.15, 0.2) is 70.7 Å². The Bertz CT molecular complexity index is 1160. The second kappa shape index (κ2) is 11.2. The minimum atomic E-state index is -0.601. The highest BCUT2D eigenvalue weighted by molar-refractivity contribution is 6.30. The van der Waals surface area contributed by atoms with Gasteiger partial charge in [-0.1, -0.05) is 36.7 Å². The molecule has 0 aliphatic carbocycles. The number of ether oxygens (including phenoxy) is 2. The summed E-state index contributed by atoms with van der Waals surface area (Å²) in [5, 5.41) is 4.62. The van der Waals surface area contributed by atoms with Gasteiger partial charge >= 0.3 is 0 Å². The number of carbonyl (C=O) groups is 1. The summed E-state index contributed by atoms with van der Waals surface area (Å²) < 4.78 is 12.6. The molecule has 1 amide bonds. The molecule has 0 unspecified atom stereocenters. The van der Waals surface area contributed by atoms with E-state index in [1.807, 2.05) is 19.1 Å². The monoisotopic (exact) mass is 453 g/mol. The third-order valence-electron chi connectivity index (χ3n) is 4.58. The number of amides is 1. The summed E-state index contributed by atoms with van der Waals surface area (Å²) in [6.45, 7) is 2.84. The van der Waals surface area contributed by atoms with Gasteiger partial charge in [-0.25, -0.2) is 5.43 Å². The van der Waals surface area contributed by atoms with E-state index in [9.17, 15) is 9.59 Å². The number of hydrazone groups is 1. The van der Waals surface area contributed by atoms with Crippen molar-refractivity contribution in [1.82, 2.24) is 9.99 Å². The number of pyridine rings is 1. The van der Waals surface area contributed by atoms with Crippen LogP contribution in [0.4, 0.5) is 0 Å². The van der Waals surface area contributed by atoms with Crippen LogP contribution in [0.1, 0.15) is 34.8 Å². The Balaban J connectivity index is 1.75. The molecular formula is C24H24ClN3O4. The molecule has 0 aliphatic rings. The molecule has 1 N–H and O–H groups in total. The minimum Gasteiger partial charge on any atom is -0.493 e. The van der Waals surface area contributed by atoms with E-state index < -0.39 is 11.5 Å². The molecule has 7 nitrogen and oxygen atoms in total. The molecule has 1 heterocycles. The molecule has 166 valence electrons. The average molecular weight is 454 g/mol. The number of hydrogen-bond acceptors (Lipinski definition) is 5. The Hall–Kier alpha value is -3.58. The lowest BCUT2D eigenvalue weighted by Gasteiger charge is -2.12. The molecule has 8 heteroatoms. The van der Waals surface area contributed by atoms with E-state index >= 15 is 0 Å². The number of para-hydroxylation sites is 1. The minimum absolute atomic E-state index is 0.00767. The van der Waals surface area contributed by atoms with Crippen LogP contribution in [-0.4, -0.2) is 30.4 Å². The van der Waals surface area contributed by atoms with Gasteiger partial charge in [0.2, 0.25) is 0 Å². The van der Waals surface area contributed by atoms with Gasteiger partial charge in [-0.15, -0.1) is 0 Å². The maximum atomic E-state index is 12.8. The summed E-state index contributed by atoms with van der Waals surface area (Å²) >= 11 is 5.91. The van der Waals surface area contributed by atoms with Gasteiger partial charge in [0.1, 0.15) is 5.56 Å². The second-order valence-corrected chi connectivity index (χ2v) is 7.34. The summed E-state index contributed by atoms with van der Waals surface area (Å²) in [5.74, 6) is 0.511. The van der Waals surface area contributed by atoms with Crippen LogP contribution in [-0.2, 0) is 6.54 Å². The van der Waals surface area contributed by atoms with Crippen molar-refractivity contribution in [3.8, 4) is 11.5 Å². The first-order valence-corrected chi connectivity index (χ1v) is 10.5. The molecule has 0 fully saturated rings. The van der Waals surface area contributed by atoms with Crippen LogP contribution < -0.4 is 20.5 Å². The lowest BCUT2D eigenvalue weighted by molar-refractivity contribution is 0.0953. The van der Waals surface area contributed by atoms with E-state index in [4.69, 9.17) is 21.1 Å². The van der Waals surface area contributed by atoms with Gasteiger partial charge in [0.25, 0.3) is 11.5 Å². The average Bonchev–Trinajstić information content (AvgIpc) is 2.80. The number of nitrogens with one attached hydrogen (secondary N) is 1. The molecular weight excluding hydrogens is 430 g/mol. The van der Waals surface area contributed by atoms with Crippen molar-refractivity contribution in [3.63, 3.8) is 0 Å². The number of carbonyl (C=O) groups excluding carboxylic acids is 1. The van der Waals surface area contributed by atoms with E-state index in [0.29, 0.717) is 35.2 Å². The fourth-order valence-electron chi connectivity index (χ4n) is 3.00. The molecule has 0 saturated carbocycles. The van der Waals surface area contributed by atoms with Crippen LogP contribution in [0.3, 0.4) is 0 Å². The number of methoxy groups -OCH3 is 1. The number of benzene rings is 2. The van der Waals surface area contributed by atoms with Crippen molar-refractivity contribution in [2.24, 2.45) is 5.10 Å². The van der Waals surface area contributed by atoms with Gasteiger partial charge in [-0.2, -0.15) is 5.10 Å². The molecule has 0 saturated heterocycles. The molecule has 0 aliphatic heterocycles. The maximum absolute atomic E-state index is 12.8. The zero-order valence-electron chi connectivity index (χ0n) is 17.9. The Morgan fingerprint density at radius 1 is 1.16 bits per heavy atom. The molecule has 3 rings (SSSR count). The zero-order chi connectivity index (χ0) is 22.9. The molecule has 2 aromatic carbocycles. The quantitative estimate of drug-likeness (QED) is 0.390. The lowest BCUT2D eigenvalue weighted by atomic mass is 10.2. The van der Waals surface area contributed by atoms with Crippen LogP contribution in [0.5, 0.6) is 11.5 Å². The summed E-state index contributed by atoms with van der Waals surface area (Å²) in [5.41, 5.74) is 3.53. The van der Waals surface area contributed by atoms with E-state index in [1.165, 1.54) is 16.8 Å². The van der Waals surface area contributed by atoms with Crippen molar-refractivity contribution in [2.75, 3.05) is 13.7 Å². The summed E-state index contributed by atoms with van der Waals surface area (Å²) in [7, 11) is 1.56. The highest BCUT2D eigenvalue weighted by Crippen LogP contribution is 2.30. The number of nitrogens with zero attached hydrogens (tertiary/aromatic N) is 2. The van der Waals surface area contributed by atoms with E-state index in [2.05, 4.69) is 10.5 Å². The first-order chi connectivity index (χ1) is 15.5. The number of rotatable bonds is 9. The topological polar surface area (TPSA) is 81.9 Å². The predicted octanol–water partition coefficient (Wildman–Crippen LogP) is 4.11. The molecule has 32 heavy (non-hydrogen) atoms. The Morgan fingerprint density at radius 3 is 2.66 bits per heavy atom. The number of aromatic nitrogens is 1. The van der Waals surface area contributed by atoms with Crippen molar-refractivity contribution in [3.05, 3.63) is 92.9 Å². The van der Waals surface area contributed by atoms with Crippen LogP contribution in [0, 0.1) is 0 Å². The first-order valence-electron chi connectivity index (χ1n) is 10.1. The number of halogens is 1. The third-order valence-corrected chi connectivity index (χ3v) is 4.83. The Morgan fingerprint density at radius 2 is 1.94 bits per heavy atom. The Kier molecular flexibility index (Phi) is 8.05. The second-order valence-electron chi connectivity index (χ2n) is 6.91. The van der Waals surface area contributed by atoms with Crippen molar-refractivity contribution in [1.29, 1.82) is 0 Å². The smallest absolute Gasteiger partial charge is 0.276 e. The molecule has 3 aromatic rings. The van der Waals surface area contributed by atoms with Gasteiger partial charge in [0, 0.05) is 16.8 Å².